The van der Waals surface area contributed by atoms with Crippen LogP contribution in [0.5, 0.6) is 0 Å². The number of rotatable bonds is 6. The smallest absolute Gasteiger partial charge is 0.195 e. The van der Waals surface area contributed by atoms with E-state index in [9.17, 15) is 4.79 Å². The fourth-order valence-corrected chi connectivity index (χ4v) is 6.48. The summed E-state index contributed by atoms with van der Waals surface area (Å²) in [7, 11) is -2.08. The molecule has 2 aliphatic heterocycles. The van der Waals surface area contributed by atoms with Crippen LogP contribution in [-0.4, -0.2) is 52.2 Å². The van der Waals surface area contributed by atoms with E-state index < -0.39 is 38.1 Å². The summed E-state index contributed by atoms with van der Waals surface area (Å²) in [5.74, 6) is -1.15. The van der Waals surface area contributed by atoms with Gasteiger partial charge in [-0.05, 0) is 68.7 Å². The molecule has 0 N–H and O–H groups in total. The Labute approximate surface area is 240 Å². The summed E-state index contributed by atoms with van der Waals surface area (Å²) in [5.41, 5.74) is 0.711. The molecule has 0 saturated carbocycles. The lowest BCUT2D eigenvalue weighted by atomic mass is 9.88. The molecular formula is C28H35Cl2N3O5Si. The van der Waals surface area contributed by atoms with Crippen molar-refractivity contribution in [1.82, 2.24) is 14.5 Å². The number of fused-ring (bicyclic) bond motifs is 2. The van der Waals surface area contributed by atoms with E-state index in [-0.39, 0.29) is 17.4 Å². The molecule has 8 nitrogen and oxygen atoms in total. The van der Waals surface area contributed by atoms with Gasteiger partial charge in [0.2, 0.25) is 0 Å². The summed E-state index contributed by atoms with van der Waals surface area (Å²) in [6.07, 6.45) is 0.977. The zero-order valence-electron chi connectivity index (χ0n) is 23.5. The first-order valence-electron chi connectivity index (χ1n) is 13.0. The second-order valence-corrected chi connectivity index (χ2v) is 18.1. The average molecular weight is 593 g/mol. The molecule has 4 atom stereocenters. The average Bonchev–Trinajstić information content (AvgIpc) is 3.44. The van der Waals surface area contributed by atoms with Gasteiger partial charge in [0, 0.05) is 16.8 Å². The number of benzene rings is 1. The quantitative estimate of drug-likeness (QED) is 0.174. The highest BCUT2D eigenvalue weighted by molar-refractivity contribution is 6.74. The van der Waals surface area contributed by atoms with Crippen LogP contribution in [0.15, 0.2) is 36.8 Å². The molecular weight excluding hydrogens is 557 g/mol. The first-order chi connectivity index (χ1) is 18.0. The van der Waals surface area contributed by atoms with E-state index in [0.717, 1.165) is 0 Å². The maximum atomic E-state index is 14.3. The normalized spacial score (nSPS) is 26.8. The molecule has 0 spiro atoms. The van der Waals surface area contributed by atoms with Crippen molar-refractivity contribution in [3.05, 3.63) is 58.1 Å². The number of ketones is 1. The molecule has 0 unspecified atom stereocenters. The standard InChI is InChI=1S/C28H35Cl2N3O5Si/c1-26(2,3)39(7,8)35-14-16-13-17(29)9-10-18(16)20(34)21-28(6)22(37-27(4,5)38-28)25(36-21)33-12-11-19-23(30)31-15-32-24(19)33/h9-13,15,21-22,25H,14H2,1-8H3/t21-,22+,25-,28-/m1/s1. The SMILES string of the molecule is CC1(C)O[C@H]2[C@H](n3ccc4c(Cl)ncnc43)O[C@H](C(=O)c3ccc(Cl)cc3CO[Si](C)(C)C(C)(C)C)[C@@]2(C)O1. The minimum absolute atomic E-state index is 0.0187. The van der Waals surface area contributed by atoms with Crippen molar-refractivity contribution in [2.75, 3.05) is 0 Å². The number of carbonyl (C=O) groups is 1. The molecule has 0 radical (unpaired) electrons. The minimum Gasteiger partial charge on any atom is -0.413 e. The van der Waals surface area contributed by atoms with Crippen LogP contribution in [0.1, 0.15) is 63.7 Å². The Morgan fingerprint density at radius 2 is 1.87 bits per heavy atom. The van der Waals surface area contributed by atoms with Gasteiger partial charge in [0.05, 0.1) is 12.0 Å². The van der Waals surface area contributed by atoms with Crippen LogP contribution in [-0.2, 0) is 25.2 Å². The summed E-state index contributed by atoms with van der Waals surface area (Å²) in [4.78, 5) is 22.8. The maximum Gasteiger partial charge on any atom is 0.195 e. The number of Topliss-reactive ketones (excluding diaryl/α,β-unsaturated/α-hetero) is 1. The number of aromatic nitrogens is 3. The second-order valence-electron chi connectivity index (χ2n) is 12.5. The monoisotopic (exact) mass is 591 g/mol. The lowest BCUT2D eigenvalue weighted by Gasteiger charge is -2.36. The molecule has 39 heavy (non-hydrogen) atoms. The third-order valence-electron chi connectivity index (χ3n) is 8.20. The van der Waals surface area contributed by atoms with Gasteiger partial charge in [-0.3, -0.25) is 4.79 Å². The van der Waals surface area contributed by atoms with Crippen LogP contribution < -0.4 is 0 Å². The molecule has 210 valence electrons. The fraction of sp³-hybridized carbons (Fsp3) is 0.536. The molecule has 0 aliphatic carbocycles. The zero-order valence-corrected chi connectivity index (χ0v) is 26.1. The van der Waals surface area contributed by atoms with Gasteiger partial charge in [0.15, 0.2) is 32.2 Å². The first-order valence-corrected chi connectivity index (χ1v) is 16.7. The molecule has 2 saturated heterocycles. The minimum atomic E-state index is -2.08. The predicted octanol–water partition coefficient (Wildman–Crippen LogP) is 6.95. The summed E-state index contributed by atoms with van der Waals surface area (Å²) in [5, 5.41) is 1.57. The summed E-state index contributed by atoms with van der Waals surface area (Å²) >= 11 is 12.7. The van der Waals surface area contributed by atoms with Crippen molar-refractivity contribution in [3.63, 3.8) is 0 Å². The second kappa shape index (κ2) is 9.62. The number of carbonyl (C=O) groups excluding carboxylic acids is 1. The Morgan fingerprint density at radius 3 is 2.56 bits per heavy atom. The van der Waals surface area contributed by atoms with Gasteiger partial charge >= 0.3 is 0 Å². The van der Waals surface area contributed by atoms with Gasteiger partial charge in [0.25, 0.3) is 0 Å². The molecule has 1 aromatic carbocycles. The van der Waals surface area contributed by atoms with Crippen LogP contribution in [0.25, 0.3) is 11.0 Å². The Balaban J connectivity index is 1.52. The molecule has 2 aromatic heterocycles. The summed E-state index contributed by atoms with van der Waals surface area (Å²) in [6, 6.07) is 7.07. The van der Waals surface area contributed by atoms with Crippen molar-refractivity contribution < 1.29 is 23.4 Å². The summed E-state index contributed by atoms with van der Waals surface area (Å²) in [6.45, 7) is 16.7. The molecule has 3 aromatic rings. The predicted molar refractivity (Wildman–Crippen MR) is 153 cm³/mol. The van der Waals surface area contributed by atoms with Crippen LogP contribution >= 0.6 is 23.2 Å². The van der Waals surface area contributed by atoms with Crippen LogP contribution in [0.4, 0.5) is 0 Å². The molecule has 5 rings (SSSR count). The maximum absolute atomic E-state index is 14.3. The van der Waals surface area contributed by atoms with Crippen LogP contribution in [0, 0.1) is 0 Å². The van der Waals surface area contributed by atoms with Crippen LogP contribution in [0.2, 0.25) is 28.3 Å². The van der Waals surface area contributed by atoms with Crippen LogP contribution in [0.3, 0.4) is 0 Å². The fourth-order valence-electron chi connectivity index (χ4n) is 5.14. The van der Waals surface area contributed by atoms with E-state index in [1.54, 1.807) is 18.2 Å². The largest absolute Gasteiger partial charge is 0.413 e. The van der Waals surface area contributed by atoms with Crippen molar-refractivity contribution >= 4 is 48.3 Å². The number of hydrogen-bond donors (Lipinski definition) is 0. The number of nitrogens with zero attached hydrogens (tertiary/aromatic N) is 3. The molecule has 0 amide bonds. The zero-order chi connectivity index (χ0) is 28.5. The molecule has 0 bridgehead atoms. The summed E-state index contributed by atoms with van der Waals surface area (Å²) < 4.78 is 27.6. The Bertz CT molecular complexity index is 1440. The topological polar surface area (TPSA) is 84.7 Å². The van der Waals surface area contributed by atoms with Gasteiger partial charge in [-0.15, -0.1) is 0 Å². The lowest BCUT2D eigenvalue weighted by Crippen LogP contribution is -2.47. The Kier molecular flexibility index (Phi) is 7.07. The molecule has 2 aliphatic rings. The van der Waals surface area contributed by atoms with Crippen molar-refractivity contribution in [1.29, 1.82) is 0 Å². The van der Waals surface area contributed by atoms with E-state index >= 15 is 0 Å². The Hall–Kier alpha value is -1.85. The van der Waals surface area contributed by atoms with Gasteiger partial charge in [-0.25, -0.2) is 9.97 Å². The van der Waals surface area contributed by atoms with Crippen molar-refractivity contribution in [3.8, 4) is 0 Å². The molecule has 11 heteroatoms. The Morgan fingerprint density at radius 1 is 1.15 bits per heavy atom. The van der Waals surface area contributed by atoms with Gasteiger partial charge < -0.3 is 23.2 Å². The number of hydrogen-bond acceptors (Lipinski definition) is 7. The van der Waals surface area contributed by atoms with E-state index in [0.29, 0.717) is 32.3 Å². The van der Waals surface area contributed by atoms with Crippen molar-refractivity contribution in [2.24, 2.45) is 0 Å². The number of ether oxygens (including phenoxy) is 3. The third-order valence-corrected chi connectivity index (χ3v) is 13.2. The van der Waals surface area contributed by atoms with Crippen molar-refractivity contribution in [2.45, 2.75) is 96.1 Å². The highest BCUT2D eigenvalue weighted by Gasteiger charge is 2.66. The van der Waals surface area contributed by atoms with E-state index in [4.69, 9.17) is 41.8 Å². The number of halogens is 2. The van der Waals surface area contributed by atoms with Gasteiger partial charge in [-0.1, -0.05) is 44.0 Å². The van der Waals surface area contributed by atoms with E-state index in [1.165, 1.54) is 6.33 Å². The molecule has 4 heterocycles. The van der Waals surface area contributed by atoms with E-state index in [1.807, 2.05) is 37.6 Å². The first kappa shape index (κ1) is 28.7. The highest BCUT2D eigenvalue weighted by atomic mass is 35.5. The highest BCUT2D eigenvalue weighted by Crippen LogP contribution is 2.51. The molecule has 2 fully saturated rings. The van der Waals surface area contributed by atoms with E-state index in [2.05, 4.69) is 43.8 Å². The third kappa shape index (κ3) is 4.96. The van der Waals surface area contributed by atoms with Gasteiger partial charge in [0.1, 0.15) is 28.8 Å². The lowest BCUT2D eigenvalue weighted by molar-refractivity contribution is -0.203. The van der Waals surface area contributed by atoms with Gasteiger partial charge in [-0.2, -0.15) is 0 Å².